The molecule has 4 rings (SSSR count). The zero-order valence-electron chi connectivity index (χ0n) is 9.98. The van der Waals surface area contributed by atoms with Crippen molar-refractivity contribution >= 4 is 17.4 Å². The van der Waals surface area contributed by atoms with Crippen LogP contribution in [0.5, 0.6) is 11.5 Å². The van der Waals surface area contributed by atoms with Gasteiger partial charge < -0.3 is 19.7 Å². The van der Waals surface area contributed by atoms with Gasteiger partial charge in [-0.25, -0.2) is 0 Å². The fourth-order valence-corrected chi connectivity index (χ4v) is 2.64. The lowest BCUT2D eigenvalue weighted by molar-refractivity contribution is -0.138. The molecule has 1 aromatic heterocycles. The number of halogens is 1. The van der Waals surface area contributed by atoms with Gasteiger partial charge in [0, 0.05) is 30.5 Å². The molecule has 6 heteroatoms. The summed E-state index contributed by atoms with van der Waals surface area (Å²) in [6.07, 6.45) is 2.93. The summed E-state index contributed by atoms with van der Waals surface area (Å²) in [7, 11) is 0. The summed E-state index contributed by atoms with van der Waals surface area (Å²) in [4.78, 5) is 0. The highest BCUT2D eigenvalue weighted by Gasteiger charge is 2.47. The molecule has 0 bridgehead atoms. The van der Waals surface area contributed by atoms with Gasteiger partial charge in [-0.1, -0.05) is 16.8 Å². The Hall–Kier alpha value is -1.88. The van der Waals surface area contributed by atoms with Gasteiger partial charge in [0.25, 0.3) is 5.79 Å². The number of nitrogens with zero attached hydrogens (tertiary/aromatic N) is 1. The van der Waals surface area contributed by atoms with E-state index in [1.807, 2.05) is 6.07 Å². The Balaban J connectivity index is 1.77. The predicted molar refractivity (Wildman–Crippen MR) is 69.2 cm³/mol. The van der Waals surface area contributed by atoms with Crippen molar-refractivity contribution in [2.24, 2.45) is 0 Å². The molecule has 1 spiro atoms. The Morgan fingerprint density at radius 3 is 2.47 bits per heavy atom. The number of anilines is 1. The van der Waals surface area contributed by atoms with Crippen LogP contribution < -0.4 is 15.2 Å². The second kappa shape index (κ2) is 3.57. The van der Waals surface area contributed by atoms with Crippen molar-refractivity contribution in [3.8, 4) is 22.8 Å². The molecular formula is C13H11ClN2O3. The first-order valence-corrected chi connectivity index (χ1v) is 6.47. The van der Waals surface area contributed by atoms with Crippen molar-refractivity contribution in [1.82, 2.24) is 5.16 Å². The molecule has 2 N–H and O–H groups in total. The van der Waals surface area contributed by atoms with E-state index in [1.54, 1.807) is 12.1 Å². The number of hydrogen-bond acceptors (Lipinski definition) is 5. The maximum absolute atomic E-state index is 6.24. The summed E-state index contributed by atoms with van der Waals surface area (Å²) in [6.45, 7) is 0. The van der Waals surface area contributed by atoms with E-state index in [-0.39, 0.29) is 0 Å². The molecule has 2 aliphatic rings. The van der Waals surface area contributed by atoms with Crippen LogP contribution in [0.4, 0.5) is 5.82 Å². The van der Waals surface area contributed by atoms with E-state index in [0.29, 0.717) is 33.7 Å². The van der Waals surface area contributed by atoms with Gasteiger partial charge in [-0.2, -0.15) is 0 Å². The monoisotopic (exact) mass is 278 g/mol. The molecule has 1 aliphatic carbocycles. The summed E-state index contributed by atoms with van der Waals surface area (Å²) in [5.74, 6) is 1.74. The molecule has 0 atom stereocenters. The number of nitrogen functional groups attached to an aromatic ring is 1. The van der Waals surface area contributed by atoms with Gasteiger partial charge in [0.2, 0.25) is 0 Å². The molecule has 2 aromatic rings. The standard InChI is InChI=1S/C13H11ClN2O3/c14-8-5-11-10(17-13(18-11)2-1-3-13)4-7(8)9-6-12(15)16-19-9/h4-6H,1-3H2,(H2,15,16). The van der Waals surface area contributed by atoms with Crippen LogP contribution in [0.15, 0.2) is 22.7 Å². The molecule has 5 nitrogen and oxygen atoms in total. The summed E-state index contributed by atoms with van der Waals surface area (Å²) in [5.41, 5.74) is 6.25. The Kier molecular flexibility index (Phi) is 2.07. The quantitative estimate of drug-likeness (QED) is 0.867. The van der Waals surface area contributed by atoms with Gasteiger partial charge in [-0.3, -0.25) is 0 Å². The van der Waals surface area contributed by atoms with Gasteiger partial charge in [-0.05, 0) is 12.5 Å². The second-order valence-electron chi connectivity index (χ2n) is 4.86. The fraction of sp³-hybridized carbons (Fsp3) is 0.308. The molecule has 19 heavy (non-hydrogen) atoms. The molecule has 1 aliphatic heterocycles. The topological polar surface area (TPSA) is 70.5 Å². The summed E-state index contributed by atoms with van der Waals surface area (Å²) in [5, 5.41) is 4.18. The van der Waals surface area contributed by atoms with Crippen molar-refractivity contribution < 1.29 is 14.0 Å². The number of aromatic nitrogens is 1. The van der Waals surface area contributed by atoms with Gasteiger partial charge in [0.05, 0.1) is 5.02 Å². The Labute approximate surface area is 114 Å². The third-order valence-corrected chi connectivity index (χ3v) is 3.85. The number of fused-ring (bicyclic) bond motifs is 1. The molecule has 0 unspecified atom stereocenters. The first-order valence-electron chi connectivity index (χ1n) is 6.09. The van der Waals surface area contributed by atoms with Crippen LogP contribution >= 0.6 is 11.6 Å². The van der Waals surface area contributed by atoms with E-state index in [2.05, 4.69) is 5.16 Å². The highest BCUT2D eigenvalue weighted by molar-refractivity contribution is 6.33. The van der Waals surface area contributed by atoms with Crippen molar-refractivity contribution in [1.29, 1.82) is 0 Å². The van der Waals surface area contributed by atoms with Crippen LogP contribution in [0.25, 0.3) is 11.3 Å². The molecule has 2 heterocycles. The van der Waals surface area contributed by atoms with Crippen molar-refractivity contribution in [3.05, 3.63) is 23.2 Å². The normalized spacial score (nSPS) is 18.6. The van der Waals surface area contributed by atoms with Crippen LogP contribution in [-0.4, -0.2) is 10.9 Å². The third kappa shape index (κ3) is 1.58. The fourth-order valence-electron chi connectivity index (χ4n) is 2.39. The molecule has 98 valence electrons. The van der Waals surface area contributed by atoms with Crippen LogP contribution in [0.2, 0.25) is 5.02 Å². The number of benzene rings is 1. The number of nitrogens with two attached hydrogens (primary N) is 1. The summed E-state index contributed by atoms with van der Waals surface area (Å²) >= 11 is 6.24. The van der Waals surface area contributed by atoms with Crippen LogP contribution in [0.3, 0.4) is 0 Å². The second-order valence-corrected chi connectivity index (χ2v) is 5.27. The lowest BCUT2D eigenvalue weighted by Gasteiger charge is -2.35. The number of ether oxygens (including phenoxy) is 2. The van der Waals surface area contributed by atoms with Gasteiger partial charge in [-0.15, -0.1) is 0 Å². The zero-order chi connectivity index (χ0) is 13.0. The smallest absolute Gasteiger partial charge is 0.251 e. The van der Waals surface area contributed by atoms with Crippen LogP contribution in [0.1, 0.15) is 19.3 Å². The minimum atomic E-state index is -0.468. The summed E-state index contributed by atoms with van der Waals surface area (Å²) < 4.78 is 16.8. The van der Waals surface area contributed by atoms with Gasteiger partial charge in [0.1, 0.15) is 0 Å². The number of hydrogen-bond donors (Lipinski definition) is 1. The maximum Gasteiger partial charge on any atom is 0.251 e. The molecule has 1 aromatic carbocycles. The van der Waals surface area contributed by atoms with E-state index in [9.17, 15) is 0 Å². The lowest BCUT2D eigenvalue weighted by Crippen LogP contribution is -2.45. The molecule has 0 amide bonds. The Morgan fingerprint density at radius 1 is 1.16 bits per heavy atom. The van der Waals surface area contributed by atoms with E-state index in [1.165, 1.54) is 0 Å². The SMILES string of the molecule is Nc1cc(-c2cc3c(cc2Cl)OC2(CCC2)O3)on1. The van der Waals surface area contributed by atoms with Crippen molar-refractivity contribution in [2.45, 2.75) is 25.0 Å². The first-order chi connectivity index (χ1) is 9.15. The number of rotatable bonds is 1. The van der Waals surface area contributed by atoms with Gasteiger partial charge in [0.15, 0.2) is 23.1 Å². The third-order valence-electron chi connectivity index (χ3n) is 3.53. The summed E-state index contributed by atoms with van der Waals surface area (Å²) in [6, 6.07) is 5.19. The zero-order valence-corrected chi connectivity index (χ0v) is 10.7. The Morgan fingerprint density at radius 2 is 1.89 bits per heavy atom. The van der Waals surface area contributed by atoms with Crippen LogP contribution in [0, 0.1) is 0 Å². The van der Waals surface area contributed by atoms with Crippen molar-refractivity contribution in [3.63, 3.8) is 0 Å². The Bertz CT molecular complexity index is 664. The minimum Gasteiger partial charge on any atom is -0.448 e. The average molecular weight is 279 g/mol. The largest absolute Gasteiger partial charge is 0.448 e. The molecular weight excluding hydrogens is 268 g/mol. The molecule has 1 saturated carbocycles. The molecule has 0 radical (unpaired) electrons. The molecule has 0 saturated heterocycles. The highest BCUT2D eigenvalue weighted by atomic mass is 35.5. The first kappa shape index (κ1) is 11.0. The minimum absolute atomic E-state index is 0.319. The lowest BCUT2D eigenvalue weighted by atomic mass is 9.91. The van der Waals surface area contributed by atoms with Crippen LogP contribution in [-0.2, 0) is 0 Å². The molecule has 1 fully saturated rings. The van der Waals surface area contributed by atoms with Gasteiger partial charge >= 0.3 is 0 Å². The van der Waals surface area contributed by atoms with E-state index >= 15 is 0 Å². The maximum atomic E-state index is 6.24. The van der Waals surface area contributed by atoms with E-state index in [4.69, 9.17) is 31.3 Å². The van der Waals surface area contributed by atoms with Crippen molar-refractivity contribution in [2.75, 3.05) is 5.73 Å². The van der Waals surface area contributed by atoms with E-state index < -0.39 is 5.79 Å². The highest BCUT2D eigenvalue weighted by Crippen LogP contribution is 2.50. The predicted octanol–water partition coefficient (Wildman–Crippen LogP) is 3.23. The average Bonchev–Trinajstić information content (AvgIpc) is 2.90. The van der Waals surface area contributed by atoms with E-state index in [0.717, 1.165) is 19.3 Å².